The zero-order chi connectivity index (χ0) is 20.7. The largest absolute Gasteiger partial charge is 0.322 e. The van der Waals surface area contributed by atoms with Gasteiger partial charge in [-0.25, -0.2) is 0 Å². The van der Waals surface area contributed by atoms with E-state index in [-0.39, 0.29) is 24.1 Å². The number of carbonyl (C=O) groups is 3. The molecule has 0 spiro atoms. The summed E-state index contributed by atoms with van der Waals surface area (Å²) in [5, 5.41) is 6.11. The number of nitrogens with zero attached hydrogens (tertiary/aromatic N) is 2. The molecule has 3 fully saturated rings. The average molecular weight is 411 g/mol. The SMILES string of the molecule is O=C1CCC(N2Cc3cccc(CN4CCC[C@H]5NCCCC[C@@H]54)c3C2=O)C(=O)N1. The summed E-state index contributed by atoms with van der Waals surface area (Å²) < 4.78 is 0. The highest BCUT2D eigenvalue weighted by Crippen LogP contribution is 2.32. The standard InChI is InChI=1S/C23H30N4O3/c28-20-10-9-19(22(29)25-20)27-14-16-6-3-5-15(21(16)23(27)30)13-26-12-4-7-17-18(26)8-1-2-11-24-17/h3,5-6,17-19,24H,1-2,4,7-14H2,(H,25,28,29)/t17-,18+,19?/m1/s1. The fourth-order valence-electron chi connectivity index (χ4n) is 5.75. The molecular weight excluding hydrogens is 380 g/mol. The zero-order valence-corrected chi connectivity index (χ0v) is 17.4. The quantitative estimate of drug-likeness (QED) is 0.739. The van der Waals surface area contributed by atoms with Gasteiger partial charge in [0.05, 0.1) is 0 Å². The van der Waals surface area contributed by atoms with Crippen molar-refractivity contribution in [3.05, 3.63) is 34.9 Å². The molecular formula is C23H30N4O3. The van der Waals surface area contributed by atoms with Crippen LogP contribution in [0.2, 0.25) is 0 Å². The molecule has 30 heavy (non-hydrogen) atoms. The Hall–Kier alpha value is -2.25. The van der Waals surface area contributed by atoms with Gasteiger partial charge in [-0.05, 0) is 56.3 Å². The molecule has 5 rings (SSSR count). The van der Waals surface area contributed by atoms with Crippen molar-refractivity contribution in [1.29, 1.82) is 0 Å². The Labute approximate surface area is 177 Å². The van der Waals surface area contributed by atoms with Gasteiger partial charge in [0.25, 0.3) is 5.91 Å². The van der Waals surface area contributed by atoms with Gasteiger partial charge in [-0.1, -0.05) is 24.6 Å². The Bertz CT molecular complexity index is 870. The van der Waals surface area contributed by atoms with E-state index in [1.807, 2.05) is 12.1 Å². The summed E-state index contributed by atoms with van der Waals surface area (Å²) in [5.41, 5.74) is 2.83. The normalized spacial score (nSPS) is 29.9. The van der Waals surface area contributed by atoms with E-state index in [1.54, 1.807) is 4.90 Å². The maximum atomic E-state index is 13.4. The highest BCUT2D eigenvalue weighted by Gasteiger charge is 2.40. The van der Waals surface area contributed by atoms with Crippen LogP contribution in [0.25, 0.3) is 0 Å². The minimum Gasteiger partial charge on any atom is -0.322 e. The van der Waals surface area contributed by atoms with Crippen LogP contribution >= 0.6 is 0 Å². The first-order chi connectivity index (χ1) is 14.6. The smallest absolute Gasteiger partial charge is 0.255 e. The molecule has 2 N–H and O–H groups in total. The fourth-order valence-corrected chi connectivity index (χ4v) is 5.75. The van der Waals surface area contributed by atoms with Gasteiger partial charge in [0.2, 0.25) is 11.8 Å². The third-order valence-electron chi connectivity index (χ3n) is 7.24. The van der Waals surface area contributed by atoms with Gasteiger partial charge in [-0.15, -0.1) is 0 Å². The number of rotatable bonds is 3. The number of nitrogens with one attached hydrogen (secondary N) is 2. The molecule has 1 aromatic carbocycles. The van der Waals surface area contributed by atoms with E-state index in [1.165, 1.54) is 32.1 Å². The van der Waals surface area contributed by atoms with Crippen LogP contribution in [0, 0.1) is 0 Å². The molecule has 1 unspecified atom stereocenters. The van der Waals surface area contributed by atoms with Crippen molar-refractivity contribution >= 4 is 17.7 Å². The Balaban J connectivity index is 1.37. The first-order valence-corrected chi connectivity index (χ1v) is 11.3. The van der Waals surface area contributed by atoms with Crippen molar-refractivity contribution in [2.45, 2.75) is 76.2 Å². The maximum absolute atomic E-state index is 13.4. The lowest BCUT2D eigenvalue weighted by Crippen LogP contribution is -2.53. The molecule has 4 heterocycles. The van der Waals surface area contributed by atoms with E-state index in [4.69, 9.17) is 0 Å². The van der Waals surface area contributed by atoms with E-state index >= 15 is 0 Å². The van der Waals surface area contributed by atoms with Gasteiger partial charge < -0.3 is 10.2 Å². The number of likely N-dealkylation sites (tertiary alicyclic amines) is 1. The second-order valence-corrected chi connectivity index (χ2v) is 9.09. The Morgan fingerprint density at radius 2 is 1.93 bits per heavy atom. The van der Waals surface area contributed by atoms with Crippen LogP contribution in [0.3, 0.4) is 0 Å². The van der Waals surface area contributed by atoms with E-state index in [0.717, 1.165) is 36.3 Å². The molecule has 7 nitrogen and oxygen atoms in total. The lowest BCUT2D eigenvalue weighted by atomic mass is 9.92. The second kappa shape index (κ2) is 8.12. The first-order valence-electron chi connectivity index (χ1n) is 11.3. The number of fused-ring (bicyclic) bond motifs is 2. The third kappa shape index (κ3) is 3.54. The number of hydrogen-bond acceptors (Lipinski definition) is 5. The highest BCUT2D eigenvalue weighted by molar-refractivity contribution is 6.05. The van der Waals surface area contributed by atoms with E-state index in [2.05, 4.69) is 21.6 Å². The van der Waals surface area contributed by atoms with Crippen molar-refractivity contribution in [2.24, 2.45) is 0 Å². The van der Waals surface area contributed by atoms with E-state index < -0.39 is 6.04 Å². The fraction of sp³-hybridized carbons (Fsp3) is 0.609. The molecule has 4 aliphatic rings. The summed E-state index contributed by atoms with van der Waals surface area (Å²) in [4.78, 5) is 41.4. The van der Waals surface area contributed by atoms with Crippen molar-refractivity contribution < 1.29 is 14.4 Å². The Morgan fingerprint density at radius 1 is 1.03 bits per heavy atom. The summed E-state index contributed by atoms with van der Waals surface area (Å²) in [7, 11) is 0. The lowest BCUT2D eigenvalue weighted by Gasteiger charge is -2.41. The monoisotopic (exact) mass is 410 g/mol. The number of benzene rings is 1. The predicted octanol–water partition coefficient (Wildman–Crippen LogP) is 1.55. The topological polar surface area (TPSA) is 81.8 Å². The van der Waals surface area contributed by atoms with Gasteiger partial charge in [-0.3, -0.25) is 24.6 Å². The molecule has 3 amide bonds. The molecule has 160 valence electrons. The van der Waals surface area contributed by atoms with Crippen LogP contribution in [0.4, 0.5) is 0 Å². The second-order valence-electron chi connectivity index (χ2n) is 9.09. The van der Waals surface area contributed by atoms with Gasteiger partial charge >= 0.3 is 0 Å². The third-order valence-corrected chi connectivity index (χ3v) is 7.24. The molecule has 3 atom stereocenters. The highest BCUT2D eigenvalue weighted by atomic mass is 16.2. The summed E-state index contributed by atoms with van der Waals surface area (Å²) >= 11 is 0. The predicted molar refractivity (Wildman–Crippen MR) is 112 cm³/mol. The van der Waals surface area contributed by atoms with E-state index in [0.29, 0.717) is 25.0 Å². The molecule has 0 saturated carbocycles. The maximum Gasteiger partial charge on any atom is 0.255 e. The van der Waals surface area contributed by atoms with Gasteiger partial charge in [-0.2, -0.15) is 0 Å². The van der Waals surface area contributed by atoms with Crippen LogP contribution in [-0.2, 0) is 22.7 Å². The lowest BCUT2D eigenvalue weighted by molar-refractivity contribution is -0.136. The molecule has 0 bridgehead atoms. The molecule has 4 aliphatic heterocycles. The van der Waals surface area contributed by atoms with Gasteiger partial charge in [0, 0.05) is 37.2 Å². The summed E-state index contributed by atoms with van der Waals surface area (Å²) in [6.07, 6.45) is 6.80. The summed E-state index contributed by atoms with van der Waals surface area (Å²) in [6, 6.07) is 6.62. The minimum atomic E-state index is -0.555. The van der Waals surface area contributed by atoms with E-state index in [9.17, 15) is 14.4 Å². The molecule has 3 saturated heterocycles. The number of hydrogen-bond donors (Lipinski definition) is 2. The van der Waals surface area contributed by atoms with Crippen LogP contribution in [0.5, 0.6) is 0 Å². The van der Waals surface area contributed by atoms with Crippen LogP contribution in [0.1, 0.15) is 66.4 Å². The number of imide groups is 1. The van der Waals surface area contributed by atoms with Crippen molar-refractivity contribution in [2.75, 3.05) is 13.1 Å². The van der Waals surface area contributed by atoms with Crippen molar-refractivity contribution in [1.82, 2.24) is 20.4 Å². The molecule has 7 heteroatoms. The summed E-state index contributed by atoms with van der Waals surface area (Å²) in [6.45, 7) is 3.40. The van der Waals surface area contributed by atoms with Gasteiger partial charge in [0.15, 0.2) is 0 Å². The van der Waals surface area contributed by atoms with Crippen molar-refractivity contribution in [3.63, 3.8) is 0 Å². The average Bonchev–Trinajstić information content (AvgIpc) is 2.90. The Kier molecular flexibility index (Phi) is 5.33. The molecule has 0 radical (unpaired) electrons. The van der Waals surface area contributed by atoms with Crippen LogP contribution < -0.4 is 10.6 Å². The number of piperidine rings is 2. The molecule has 1 aromatic rings. The molecule has 0 aromatic heterocycles. The Morgan fingerprint density at radius 3 is 2.80 bits per heavy atom. The van der Waals surface area contributed by atoms with Gasteiger partial charge in [0.1, 0.15) is 6.04 Å². The first kappa shape index (κ1) is 19.7. The van der Waals surface area contributed by atoms with Crippen molar-refractivity contribution in [3.8, 4) is 0 Å². The van der Waals surface area contributed by atoms with Crippen LogP contribution in [0.15, 0.2) is 18.2 Å². The number of carbonyl (C=O) groups excluding carboxylic acids is 3. The molecule has 0 aliphatic carbocycles. The summed E-state index contributed by atoms with van der Waals surface area (Å²) in [5.74, 6) is -0.669. The number of amides is 3. The van der Waals surface area contributed by atoms with Crippen LogP contribution in [-0.4, -0.2) is 58.7 Å². The minimum absolute atomic E-state index is 0.0670. The zero-order valence-electron chi connectivity index (χ0n) is 17.4.